The molecular weight excluding hydrogens is 278 g/mol. The van der Waals surface area contributed by atoms with Gasteiger partial charge in [0.25, 0.3) is 0 Å². The molecule has 3 rings (SSSR count). The number of alkyl halides is 1. The van der Waals surface area contributed by atoms with Crippen molar-refractivity contribution in [3.63, 3.8) is 0 Å². The first-order chi connectivity index (χ1) is 9.35. The summed E-state index contributed by atoms with van der Waals surface area (Å²) in [6, 6.07) is 8.36. The first-order valence-corrected chi connectivity index (χ1v) is 7.67. The molecule has 0 N–H and O–H groups in total. The Morgan fingerprint density at radius 2 is 2.21 bits per heavy atom. The summed E-state index contributed by atoms with van der Waals surface area (Å²) in [7, 11) is 0. The normalized spacial score (nSPS) is 12.9. The maximum Gasteiger partial charge on any atom is 0.125 e. The molecule has 19 heavy (non-hydrogen) atoms. The van der Waals surface area contributed by atoms with Crippen LogP contribution in [0.25, 0.3) is 11.0 Å². The second kappa shape index (κ2) is 5.31. The van der Waals surface area contributed by atoms with Crippen molar-refractivity contribution < 1.29 is 0 Å². The van der Waals surface area contributed by atoms with E-state index in [0.717, 1.165) is 28.3 Å². The Bertz CT molecular complexity index is 675. The number of nitrogens with zero attached hydrogens (tertiary/aromatic N) is 3. The van der Waals surface area contributed by atoms with Crippen molar-refractivity contribution in [2.45, 2.75) is 25.3 Å². The smallest absolute Gasteiger partial charge is 0.125 e. The standard InChI is InChI=1S/C14H14ClN3S/c1-2-11(14-16-7-8-19-14)18-12-6-4-3-5-10(12)17-13(18)9-15/h3-8,11H,2,9H2,1H3. The highest BCUT2D eigenvalue weighted by Gasteiger charge is 2.20. The monoisotopic (exact) mass is 291 g/mol. The SMILES string of the molecule is CCC(c1nccs1)n1c(CCl)nc2ccccc21. The summed E-state index contributed by atoms with van der Waals surface area (Å²) in [5.41, 5.74) is 2.12. The molecule has 0 spiro atoms. The molecule has 0 saturated carbocycles. The van der Waals surface area contributed by atoms with Crippen molar-refractivity contribution in [1.82, 2.24) is 14.5 Å². The Balaban J connectivity index is 2.22. The molecule has 0 amide bonds. The lowest BCUT2D eigenvalue weighted by Gasteiger charge is -2.17. The summed E-state index contributed by atoms with van der Waals surface area (Å²) in [6.45, 7) is 2.17. The first kappa shape index (κ1) is 12.6. The third-order valence-electron chi connectivity index (χ3n) is 3.22. The van der Waals surface area contributed by atoms with Crippen molar-refractivity contribution in [3.05, 3.63) is 46.7 Å². The fraction of sp³-hybridized carbons (Fsp3) is 0.286. The van der Waals surface area contributed by atoms with Gasteiger partial charge in [-0.3, -0.25) is 0 Å². The maximum absolute atomic E-state index is 6.07. The molecule has 98 valence electrons. The lowest BCUT2D eigenvalue weighted by Crippen LogP contribution is -2.12. The summed E-state index contributed by atoms with van der Waals surface area (Å²) < 4.78 is 2.22. The van der Waals surface area contributed by atoms with Crippen LogP contribution < -0.4 is 0 Å². The molecule has 1 aromatic carbocycles. The number of aromatic nitrogens is 3. The zero-order valence-corrected chi connectivity index (χ0v) is 12.2. The highest BCUT2D eigenvalue weighted by atomic mass is 35.5. The average molecular weight is 292 g/mol. The molecule has 0 aliphatic rings. The number of halogens is 1. The van der Waals surface area contributed by atoms with Crippen LogP contribution in [0.4, 0.5) is 0 Å². The van der Waals surface area contributed by atoms with E-state index in [-0.39, 0.29) is 6.04 Å². The van der Waals surface area contributed by atoms with Crippen molar-refractivity contribution in [2.24, 2.45) is 0 Å². The Morgan fingerprint density at radius 1 is 1.37 bits per heavy atom. The predicted octanol–water partition coefficient (Wildman–Crippen LogP) is 4.23. The van der Waals surface area contributed by atoms with Crippen LogP contribution in [-0.4, -0.2) is 14.5 Å². The van der Waals surface area contributed by atoms with Gasteiger partial charge in [0, 0.05) is 11.6 Å². The molecule has 0 radical (unpaired) electrons. The highest BCUT2D eigenvalue weighted by Crippen LogP contribution is 2.30. The van der Waals surface area contributed by atoms with Gasteiger partial charge in [-0.05, 0) is 18.6 Å². The van der Waals surface area contributed by atoms with Gasteiger partial charge in [0.05, 0.1) is 23.0 Å². The summed E-state index contributed by atoms with van der Waals surface area (Å²) in [5, 5.41) is 3.12. The number of fused-ring (bicyclic) bond motifs is 1. The van der Waals surface area contributed by atoms with Gasteiger partial charge in [0.15, 0.2) is 0 Å². The Morgan fingerprint density at radius 3 is 2.89 bits per heavy atom. The molecule has 0 bridgehead atoms. The number of thiazole rings is 1. The van der Waals surface area contributed by atoms with Gasteiger partial charge in [-0.2, -0.15) is 0 Å². The van der Waals surface area contributed by atoms with E-state index in [0.29, 0.717) is 5.88 Å². The molecule has 2 aromatic heterocycles. The summed E-state index contributed by atoms with van der Waals surface area (Å²) in [6.07, 6.45) is 2.82. The molecule has 3 aromatic rings. The van der Waals surface area contributed by atoms with Crippen LogP contribution in [0.3, 0.4) is 0 Å². The molecule has 5 heteroatoms. The molecule has 2 heterocycles. The third-order valence-corrected chi connectivity index (χ3v) is 4.34. The topological polar surface area (TPSA) is 30.7 Å². The molecule has 0 aliphatic heterocycles. The van der Waals surface area contributed by atoms with Crippen LogP contribution in [0.1, 0.15) is 30.2 Å². The molecule has 0 saturated heterocycles. The van der Waals surface area contributed by atoms with E-state index < -0.39 is 0 Å². The zero-order chi connectivity index (χ0) is 13.2. The van der Waals surface area contributed by atoms with Crippen LogP contribution >= 0.6 is 22.9 Å². The second-order valence-electron chi connectivity index (χ2n) is 4.31. The van der Waals surface area contributed by atoms with E-state index in [4.69, 9.17) is 11.6 Å². The van der Waals surface area contributed by atoms with Gasteiger partial charge < -0.3 is 4.57 Å². The minimum atomic E-state index is 0.209. The lowest BCUT2D eigenvalue weighted by atomic mass is 10.2. The summed E-state index contributed by atoms with van der Waals surface area (Å²) in [5.74, 6) is 1.32. The fourth-order valence-electron chi connectivity index (χ4n) is 2.40. The minimum Gasteiger partial charge on any atom is -0.317 e. The molecule has 1 unspecified atom stereocenters. The van der Waals surface area contributed by atoms with E-state index in [1.54, 1.807) is 11.3 Å². The third kappa shape index (κ3) is 2.15. The summed E-state index contributed by atoms with van der Waals surface area (Å²) >= 11 is 7.74. The molecular formula is C14H14ClN3S. The summed E-state index contributed by atoms with van der Waals surface area (Å²) in [4.78, 5) is 9.07. The van der Waals surface area contributed by atoms with Gasteiger partial charge in [-0.15, -0.1) is 22.9 Å². The van der Waals surface area contributed by atoms with Gasteiger partial charge in [0.2, 0.25) is 0 Å². The highest BCUT2D eigenvalue weighted by molar-refractivity contribution is 7.09. The van der Waals surface area contributed by atoms with E-state index in [1.807, 2.05) is 29.8 Å². The first-order valence-electron chi connectivity index (χ1n) is 6.26. The number of imidazole rings is 1. The van der Waals surface area contributed by atoms with E-state index >= 15 is 0 Å². The van der Waals surface area contributed by atoms with E-state index in [1.165, 1.54) is 0 Å². The van der Waals surface area contributed by atoms with E-state index in [9.17, 15) is 0 Å². The van der Waals surface area contributed by atoms with Gasteiger partial charge in [-0.25, -0.2) is 9.97 Å². The van der Waals surface area contributed by atoms with Crippen molar-refractivity contribution >= 4 is 34.0 Å². The van der Waals surface area contributed by atoms with Crippen molar-refractivity contribution in [3.8, 4) is 0 Å². The Labute approximate surface area is 120 Å². The van der Waals surface area contributed by atoms with Crippen LogP contribution in [0.15, 0.2) is 35.8 Å². The molecule has 0 fully saturated rings. The number of benzene rings is 1. The van der Waals surface area contributed by atoms with Gasteiger partial charge >= 0.3 is 0 Å². The lowest BCUT2D eigenvalue weighted by molar-refractivity contribution is 0.562. The second-order valence-corrected chi connectivity index (χ2v) is 5.51. The largest absolute Gasteiger partial charge is 0.317 e. The number of rotatable bonds is 4. The van der Waals surface area contributed by atoms with Gasteiger partial charge in [-0.1, -0.05) is 19.1 Å². The quantitative estimate of drug-likeness (QED) is 0.674. The van der Waals surface area contributed by atoms with Crippen LogP contribution in [0, 0.1) is 0 Å². The van der Waals surface area contributed by atoms with Crippen LogP contribution in [-0.2, 0) is 5.88 Å². The number of hydrogen-bond donors (Lipinski definition) is 0. The fourth-order valence-corrected chi connectivity index (χ4v) is 3.40. The minimum absolute atomic E-state index is 0.209. The Kier molecular flexibility index (Phi) is 3.53. The molecule has 0 aliphatic carbocycles. The Hall–Kier alpha value is -1.39. The molecule has 3 nitrogen and oxygen atoms in total. The maximum atomic E-state index is 6.07. The number of para-hydroxylation sites is 2. The van der Waals surface area contributed by atoms with E-state index in [2.05, 4.69) is 27.5 Å². The number of hydrogen-bond acceptors (Lipinski definition) is 3. The van der Waals surface area contributed by atoms with Crippen LogP contribution in [0.2, 0.25) is 0 Å². The van der Waals surface area contributed by atoms with Crippen molar-refractivity contribution in [1.29, 1.82) is 0 Å². The van der Waals surface area contributed by atoms with Gasteiger partial charge in [0.1, 0.15) is 10.8 Å². The zero-order valence-electron chi connectivity index (χ0n) is 10.6. The van der Waals surface area contributed by atoms with Crippen molar-refractivity contribution in [2.75, 3.05) is 0 Å². The average Bonchev–Trinajstić information content (AvgIpc) is 3.08. The predicted molar refractivity (Wildman–Crippen MR) is 79.8 cm³/mol. The van der Waals surface area contributed by atoms with Crippen LogP contribution in [0.5, 0.6) is 0 Å². The molecule has 1 atom stereocenters.